The lowest BCUT2D eigenvalue weighted by Gasteiger charge is -2.21. The zero-order chi connectivity index (χ0) is 21.0. The van der Waals surface area contributed by atoms with E-state index < -0.39 is 9.73 Å². The van der Waals surface area contributed by atoms with Gasteiger partial charge in [-0.1, -0.05) is 70.5 Å². The predicted molar refractivity (Wildman–Crippen MR) is 130 cm³/mol. The quantitative estimate of drug-likeness (QED) is 0.249. The van der Waals surface area contributed by atoms with Crippen molar-refractivity contribution in [2.75, 3.05) is 0 Å². The summed E-state index contributed by atoms with van der Waals surface area (Å²) in [6.07, 6.45) is 0. The lowest BCUT2D eigenvalue weighted by molar-refractivity contribution is 0.676. The minimum absolute atomic E-state index is 0.721. The highest BCUT2D eigenvalue weighted by atomic mass is 79.9. The summed E-state index contributed by atoms with van der Waals surface area (Å²) in [6, 6.07) is 33.9. The molecule has 5 aromatic rings. The summed E-state index contributed by atoms with van der Waals surface area (Å²) in [4.78, 5) is 1.49. The minimum atomic E-state index is -2.84. The standard InChI is InChI=1S/C26H17BrN2OS/c27-18-15-16-23-22(17-18)25-21-13-7-8-14-24(21)31(30,20-11-5-2-6-12-20)28-26(25)29(23)19-9-3-1-4-10-19/h1-17H. The molecule has 150 valence electrons. The molecular formula is C26H17BrN2OS. The second kappa shape index (κ2) is 6.94. The van der Waals surface area contributed by atoms with Crippen molar-refractivity contribution < 1.29 is 4.21 Å². The molecule has 0 fully saturated rings. The Morgan fingerprint density at radius 3 is 2.23 bits per heavy atom. The fourth-order valence-corrected chi connectivity index (χ4v) is 6.80. The normalized spacial score (nSPS) is 17.1. The second-order valence-corrected chi connectivity index (χ2v) is 10.5. The van der Waals surface area contributed by atoms with Crippen molar-refractivity contribution in [3.8, 4) is 16.8 Å². The maximum atomic E-state index is 14.5. The average molecular weight is 485 g/mol. The van der Waals surface area contributed by atoms with Gasteiger partial charge in [-0.15, -0.1) is 0 Å². The number of fused-ring (bicyclic) bond motifs is 5. The van der Waals surface area contributed by atoms with Crippen molar-refractivity contribution in [2.24, 2.45) is 4.36 Å². The van der Waals surface area contributed by atoms with E-state index in [0.29, 0.717) is 0 Å². The molecule has 0 amide bonds. The van der Waals surface area contributed by atoms with E-state index in [1.807, 2.05) is 72.8 Å². The third kappa shape index (κ3) is 2.74. The third-order valence-corrected chi connectivity index (χ3v) is 8.44. The predicted octanol–water partition coefficient (Wildman–Crippen LogP) is 7.59. The van der Waals surface area contributed by atoms with E-state index in [2.05, 4.69) is 50.8 Å². The molecule has 6 rings (SSSR count). The van der Waals surface area contributed by atoms with Crippen LogP contribution in [0.4, 0.5) is 5.82 Å². The number of nitrogens with zero attached hydrogens (tertiary/aromatic N) is 2. The Bertz CT molecular complexity index is 1580. The topological polar surface area (TPSA) is 34.4 Å². The Morgan fingerprint density at radius 2 is 1.45 bits per heavy atom. The summed E-state index contributed by atoms with van der Waals surface area (Å²) in [6.45, 7) is 0. The van der Waals surface area contributed by atoms with Crippen LogP contribution in [0, 0.1) is 0 Å². The number of rotatable bonds is 2. The smallest absolute Gasteiger partial charge is 0.156 e. The van der Waals surface area contributed by atoms with Crippen LogP contribution in [0.25, 0.3) is 27.7 Å². The highest BCUT2D eigenvalue weighted by Gasteiger charge is 2.31. The first-order valence-corrected chi connectivity index (χ1v) is 12.3. The second-order valence-electron chi connectivity index (χ2n) is 7.46. The summed E-state index contributed by atoms with van der Waals surface area (Å²) in [7, 11) is -2.84. The molecule has 1 unspecified atom stereocenters. The summed E-state index contributed by atoms with van der Waals surface area (Å²) in [5.41, 5.74) is 4.02. The maximum Gasteiger partial charge on any atom is 0.156 e. The molecule has 0 saturated carbocycles. The Morgan fingerprint density at radius 1 is 0.774 bits per heavy atom. The first-order valence-electron chi connectivity index (χ1n) is 9.98. The third-order valence-electron chi connectivity index (χ3n) is 5.65. The number of para-hydroxylation sites is 1. The van der Waals surface area contributed by atoms with Crippen LogP contribution in [0.5, 0.6) is 0 Å². The lowest BCUT2D eigenvalue weighted by Crippen LogP contribution is -2.08. The van der Waals surface area contributed by atoms with Gasteiger partial charge in [0, 0.05) is 26.7 Å². The largest absolute Gasteiger partial charge is 0.293 e. The highest BCUT2D eigenvalue weighted by Crippen LogP contribution is 2.50. The average Bonchev–Trinajstić information content (AvgIpc) is 3.13. The molecule has 4 aromatic carbocycles. The first-order chi connectivity index (χ1) is 15.2. The minimum Gasteiger partial charge on any atom is -0.293 e. The number of benzene rings is 4. The van der Waals surface area contributed by atoms with E-state index >= 15 is 0 Å². The molecule has 0 N–H and O–H groups in total. The van der Waals surface area contributed by atoms with Crippen LogP contribution in [0.15, 0.2) is 122 Å². The van der Waals surface area contributed by atoms with Gasteiger partial charge in [0.15, 0.2) is 5.82 Å². The summed E-state index contributed by atoms with van der Waals surface area (Å²) >= 11 is 3.63. The molecule has 1 atom stereocenters. The van der Waals surface area contributed by atoms with Crippen LogP contribution in [0.3, 0.4) is 0 Å². The SMILES string of the molecule is O=S1(c2ccccc2)=Nc2c(c3cc(Br)ccc3n2-c2ccccc2)-c2ccccc21. The van der Waals surface area contributed by atoms with Crippen molar-refractivity contribution in [1.29, 1.82) is 0 Å². The van der Waals surface area contributed by atoms with Gasteiger partial charge in [-0.2, -0.15) is 4.36 Å². The van der Waals surface area contributed by atoms with Crippen molar-refractivity contribution in [3.63, 3.8) is 0 Å². The van der Waals surface area contributed by atoms with Gasteiger partial charge in [0.25, 0.3) is 0 Å². The van der Waals surface area contributed by atoms with E-state index in [1.54, 1.807) is 0 Å². The fourth-order valence-electron chi connectivity index (χ4n) is 4.31. The van der Waals surface area contributed by atoms with Crippen LogP contribution in [-0.2, 0) is 9.73 Å². The van der Waals surface area contributed by atoms with Crippen molar-refractivity contribution in [2.45, 2.75) is 9.79 Å². The van der Waals surface area contributed by atoms with Crippen LogP contribution in [-0.4, -0.2) is 8.78 Å². The van der Waals surface area contributed by atoms with E-state index in [4.69, 9.17) is 4.36 Å². The van der Waals surface area contributed by atoms with Crippen LogP contribution in [0.2, 0.25) is 0 Å². The van der Waals surface area contributed by atoms with Gasteiger partial charge in [-0.3, -0.25) is 4.57 Å². The monoisotopic (exact) mass is 484 g/mol. The van der Waals surface area contributed by atoms with Gasteiger partial charge in [-0.25, -0.2) is 4.21 Å². The van der Waals surface area contributed by atoms with Gasteiger partial charge >= 0.3 is 0 Å². The lowest BCUT2D eigenvalue weighted by atomic mass is 10.0. The van der Waals surface area contributed by atoms with E-state index in [-0.39, 0.29) is 0 Å². The fraction of sp³-hybridized carbons (Fsp3) is 0. The molecular weight excluding hydrogens is 468 g/mol. The molecule has 1 aliphatic heterocycles. The van der Waals surface area contributed by atoms with E-state index in [0.717, 1.165) is 47.8 Å². The first kappa shape index (κ1) is 18.6. The van der Waals surface area contributed by atoms with Crippen LogP contribution < -0.4 is 0 Å². The van der Waals surface area contributed by atoms with Gasteiger partial charge in [-0.05, 0) is 48.5 Å². The van der Waals surface area contributed by atoms with Crippen molar-refractivity contribution in [1.82, 2.24) is 4.57 Å². The molecule has 1 aromatic heterocycles. The van der Waals surface area contributed by atoms with Gasteiger partial charge in [0.05, 0.1) is 15.3 Å². The highest BCUT2D eigenvalue weighted by molar-refractivity contribution is 9.10. The zero-order valence-electron chi connectivity index (χ0n) is 16.4. The van der Waals surface area contributed by atoms with Gasteiger partial charge in [0.1, 0.15) is 9.73 Å². The van der Waals surface area contributed by atoms with Crippen molar-refractivity contribution >= 4 is 42.4 Å². The number of hydrogen-bond acceptors (Lipinski definition) is 2. The van der Waals surface area contributed by atoms with Crippen molar-refractivity contribution in [3.05, 3.63) is 108 Å². The maximum absolute atomic E-state index is 14.5. The summed E-state index contributed by atoms with van der Waals surface area (Å²) in [5, 5.41) is 1.08. The Balaban J connectivity index is 1.84. The Hall–Kier alpha value is -3.15. The number of hydrogen-bond donors (Lipinski definition) is 0. The molecule has 2 heterocycles. The Kier molecular flexibility index (Phi) is 4.16. The molecule has 1 aliphatic rings. The van der Waals surface area contributed by atoms with E-state index in [9.17, 15) is 4.21 Å². The molecule has 0 radical (unpaired) electrons. The molecule has 0 saturated heterocycles. The molecule has 5 heteroatoms. The van der Waals surface area contributed by atoms with Crippen LogP contribution >= 0.6 is 15.9 Å². The van der Waals surface area contributed by atoms with E-state index in [1.165, 1.54) is 0 Å². The zero-order valence-corrected chi connectivity index (χ0v) is 18.8. The molecule has 0 spiro atoms. The van der Waals surface area contributed by atoms with Crippen LogP contribution in [0.1, 0.15) is 0 Å². The number of aromatic nitrogens is 1. The Labute approximate surface area is 189 Å². The summed E-state index contributed by atoms with van der Waals surface area (Å²) < 4.78 is 22.7. The number of halogens is 1. The molecule has 0 bridgehead atoms. The summed E-state index contributed by atoms with van der Waals surface area (Å²) in [5.74, 6) is 0.729. The van der Waals surface area contributed by atoms with Gasteiger partial charge < -0.3 is 0 Å². The van der Waals surface area contributed by atoms with Gasteiger partial charge in [0.2, 0.25) is 0 Å². The molecule has 3 nitrogen and oxygen atoms in total. The molecule has 31 heavy (non-hydrogen) atoms. The molecule has 0 aliphatic carbocycles.